The molecule has 1 aliphatic heterocycles. The molecular weight excluding hydrogens is 356 g/mol. The summed E-state index contributed by atoms with van der Waals surface area (Å²) in [4.78, 5) is 16.5. The molecule has 28 heavy (non-hydrogen) atoms. The van der Waals surface area contributed by atoms with Gasteiger partial charge in [0.1, 0.15) is 30.3 Å². The van der Waals surface area contributed by atoms with Crippen LogP contribution in [0.15, 0.2) is 49.1 Å². The SMILES string of the molecule is CCOc1cc2c(cc1CNC(=O)c1ccc(-n3cncn3)cc1)OC(C)C2. The third-order valence-corrected chi connectivity index (χ3v) is 4.63. The van der Waals surface area contributed by atoms with Crippen molar-refractivity contribution in [3.05, 3.63) is 65.7 Å². The highest BCUT2D eigenvalue weighted by atomic mass is 16.5. The van der Waals surface area contributed by atoms with Crippen molar-refractivity contribution in [1.29, 1.82) is 0 Å². The van der Waals surface area contributed by atoms with E-state index in [0.29, 0.717) is 18.7 Å². The van der Waals surface area contributed by atoms with E-state index in [4.69, 9.17) is 9.47 Å². The van der Waals surface area contributed by atoms with Crippen LogP contribution in [0.3, 0.4) is 0 Å². The van der Waals surface area contributed by atoms with Gasteiger partial charge in [-0.25, -0.2) is 9.67 Å². The molecule has 0 aliphatic carbocycles. The van der Waals surface area contributed by atoms with Gasteiger partial charge in [0.25, 0.3) is 5.91 Å². The maximum absolute atomic E-state index is 12.6. The Bertz CT molecular complexity index is 968. The predicted octanol–water partition coefficient (Wildman–Crippen LogP) is 2.92. The molecule has 4 rings (SSSR count). The van der Waals surface area contributed by atoms with Crippen LogP contribution in [0.25, 0.3) is 5.69 Å². The first kappa shape index (κ1) is 18.0. The number of nitrogens with one attached hydrogen (secondary N) is 1. The van der Waals surface area contributed by atoms with Crippen LogP contribution in [0.5, 0.6) is 11.5 Å². The summed E-state index contributed by atoms with van der Waals surface area (Å²) >= 11 is 0. The Hall–Kier alpha value is -3.35. The van der Waals surface area contributed by atoms with Crippen molar-refractivity contribution in [2.75, 3.05) is 6.61 Å². The van der Waals surface area contributed by atoms with Gasteiger partial charge in [0, 0.05) is 29.7 Å². The van der Waals surface area contributed by atoms with E-state index in [1.165, 1.54) is 6.33 Å². The topological polar surface area (TPSA) is 78.3 Å². The molecule has 2 aromatic carbocycles. The van der Waals surface area contributed by atoms with Crippen molar-refractivity contribution in [3.8, 4) is 17.2 Å². The zero-order valence-corrected chi connectivity index (χ0v) is 15.9. The Balaban J connectivity index is 1.46. The number of hydrogen-bond donors (Lipinski definition) is 1. The standard InChI is InChI=1S/C21H22N4O3/c1-3-27-19-9-16-8-14(2)28-20(16)10-17(19)11-23-21(26)15-4-6-18(7-5-15)25-13-22-12-24-25/h4-7,9-10,12-14H,3,8,11H2,1-2H3,(H,23,26). The summed E-state index contributed by atoms with van der Waals surface area (Å²) in [7, 11) is 0. The lowest BCUT2D eigenvalue weighted by Gasteiger charge is -2.13. The van der Waals surface area contributed by atoms with Gasteiger partial charge in [-0.2, -0.15) is 5.10 Å². The maximum Gasteiger partial charge on any atom is 0.251 e. The molecule has 0 radical (unpaired) electrons. The molecule has 1 aliphatic rings. The minimum Gasteiger partial charge on any atom is -0.494 e. The van der Waals surface area contributed by atoms with Crippen molar-refractivity contribution in [2.45, 2.75) is 32.9 Å². The van der Waals surface area contributed by atoms with Crippen LogP contribution < -0.4 is 14.8 Å². The van der Waals surface area contributed by atoms with Crippen LogP contribution in [-0.4, -0.2) is 33.4 Å². The molecule has 0 saturated carbocycles. The average molecular weight is 378 g/mol. The number of carbonyl (C=O) groups excluding carboxylic acids is 1. The zero-order valence-electron chi connectivity index (χ0n) is 15.9. The van der Waals surface area contributed by atoms with E-state index in [1.807, 2.05) is 38.1 Å². The van der Waals surface area contributed by atoms with Crippen molar-refractivity contribution in [1.82, 2.24) is 20.1 Å². The molecule has 0 fully saturated rings. The number of carbonyl (C=O) groups is 1. The number of nitrogens with zero attached hydrogens (tertiary/aromatic N) is 3. The molecule has 1 atom stereocenters. The molecule has 7 heteroatoms. The first-order valence-corrected chi connectivity index (χ1v) is 9.32. The molecule has 144 valence electrons. The number of aromatic nitrogens is 3. The summed E-state index contributed by atoms with van der Waals surface area (Å²) in [6.07, 6.45) is 4.12. The zero-order chi connectivity index (χ0) is 19.5. The molecular formula is C21H22N4O3. The van der Waals surface area contributed by atoms with Gasteiger partial charge in [-0.3, -0.25) is 4.79 Å². The lowest BCUT2D eigenvalue weighted by molar-refractivity contribution is 0.0950. The first-order chi connectivity index (χ1) is 13.6. The van der Waals surface area contributed by atoms with Gasteiger partial charge >= 0.3 is 0 Å². The van der Waals surface area contributed by atoms with Crippen LogP contribution in [0, 0.1) is 0 Å². The van der Waals surface area contributed by atoms with E-state index < -0.39 is 0 Å². The van der Waals surface area contributed by atoms with Gasteiger partial charge in [-0.15, -0.1) is 0 Å². The summed E-state index contributed by atoms with van der Waals surface area (Å²) in [5.74, 6) is 1.51. The Morgan fingerprint density at radius 1 is 1.32 bits per heavy atom. The fourth-order valence-corrected chi connectivity index (χ4v) is 3.29. The van der Waals surface area contributed by atoms with E-state index in [9.17, 15) is 4.79 Å². The lowest BCUT2D eigenvalue weighted by Crippen LogP contribution is -2.23. The smallest absolute Gasteiger partial charge is 0.251 e. The largest absolute Gasteiger partial charge is 0.494 e. The van der Waals surface area contributed by atoms with Crippen LogP contribution in [-0.2, 0) is 13.0 Å². The van der Waals surface area contributed by atoms with Crippen LogP contribution in [0.1, 0.15) is 35.3 Å². The van der Waals surface area contributed by atoms with Gasteiger partial charge in [0.15, 0.2) is 0 Å². The molecule has 1 aromatic heterocycles. The van der Waals surface area contributed by atoms with Gasteiger partial charge < -0.3 is 14.8 Å². The Kier molecular flexibility index (Phi) is 4.97. The molecule has 3 aromatic rings. The summed E-state index contributed by atoms with van der Waals surface area (Å²) in [5, 5.41) is 7.04. The minimum atomic E-state index is -0.151. The predicted molar refractivity (Wildman–Crippen MR) is 104 cm³/mol. The molecule has 1 amide bonds. The van der Waals surface area contributed by atoms with E-state index in [-0.39, 0.29) is 12.0 Å². The number of amides is 1. The number of hydrogen-bond acceptors (Lipinski definition) is 5. The van der Waals surface area contributed by atoms with Crippen molar-refractivity contribution >= 4 is 5.91 Å². The minimum absolute atomic E-state index is 0.151. The summed E-state index contributed by atoms with van der Waals surface area (Å²) in [6.45, 7) is 4.93. The third kappa shape index (κ3) is 3.69. The van der Waals surface area contributed by atoms with Crippen molar-refractivity contribution < 1.29 is 14.3 Å². The van der Waals surface area contributed by atoms with Gasteiger partial charge in [-0.1, -0.05) is 0 Å². The normalized spacial score (nSPS) is 15.0. The summed E-state index contributed by atoms with van der Waals surface area (Å²) in [5.41, 5.74) is 3.47. The highest BCUT2D eigenvalue weighted by Gasteiger charge is 2.22. The van der Waals surface area contributed by atoms with Crippen LogP contribution >= 0.6 is 0 Å². The second-order valence-electron chi connectivity index (χ2n) is 6.70. The lowest BCUT2D eigenvalue weighted by atomic mass is 10.1. The summed E-state index contributed by atoms with van der Waals surface area (Å²) < 4.78 is 13.2. The van der Waals surface area contributed by atoms with Crippen LogP contribution in [0.4, 0.5) is 0 Å². The van der Waals surface area contributed by atoms with Crippen LogP contribution in [0.2, 0.25) is 0 Å². The number of ether oxygens (including phenoxy) is 2. The molecule has 0 saturated heterocycles. The fraction of sp³-hybridized carbons (Fsp3) is 0.286. The molecule has 7 nitrogen and oxygen atoms in total. The van der Waals surface area contributed by atoms with Gasteiger partial charge in [0.05, 0.1) is 12.3 Å². The van der Waals surface area contributed by atoms with E-state index in [1.54, 1.807) is 23.1 Å². The number of fused-ring (bicyclic) bond motifs is 1. The van der Waals surface area contributed by atoms with E-state index in [0.717, 1.165) is 34.7 Å². The summed E-state index contributed by atoms with van der Waals surface area (Å²) in [6, 6.07) is 11.2. The molecule has 1 unspecified atom stereocenters. The quantitative estimate of drug-likeness (QED) is 0.714. The number of rotatable bonds is 6. The van der Waals surface area contributed by atoms with Gasteiger partial charge in [-0.05, 0) is 50.2 Å². The molecule has 0 bridgehead atoms. The van der Waals surface area contributed by atoms with E-state index in [2.05, 4.69) is 15.4 Å². The second kappa shape index (κ2) is 7.72. The third-order valence-electron chi connectivity index (χ3n) is 4.63. The molecule has 2 heterocycles. The maximum atomic E-state index is 12.6. The second-order valence-corrected chi connectivity index (χ2v) is 6.70. The Labute approximate surface area is 163 Å². The average Bonchev–Trinajstić information content (AvgIpc) is 3.35. The highest BCUT2D eigenvalue weighted by Crippen LogP contribution is 2.35. The number of benzene rings is 2. The first-order valence-electron chi connectivity index (χ1n) is 9.32. The Morgan fingerprint density at radius 2 is 2.14 bits per heavy atom. The highest BCUT2D eigenvalue weighted by molar-refractivity contribution is 5.94. The molecule has 1 N–H and O–H groups in total. The van der Waals surface area contributed by atoms with E-state index >= 15 is 0 Å². The van der Waals surface area contributed by atoms with Gasteiger partial charge in [0.2, 0.25) is 0 Å². The monoisotopic (exact) mass is 378 g/mol. The van der Waals surface area contributed by atoms with Crippen molar-refractivity contribution in [2.24, 2.45) is 0 Å². The Morgan fingerprint density at radius 3 is 2.86 bits per heavy atom. The molecule has 0 spiro atoms. The fourth-order valence-electron chi connectivity index (χ4n) is 3.29. The van der Waals surface area contributed by atoms with Crippen molar-refractivity contribution in [3.63, 3.8) is 0 Å².